The summed E-state index contributed by atoms with van der Waals surface area (Å²) in [6, 6.07) is 18.1. The van der Waals surface area contributed by atoms with Crippen LogP contribution < -0.4 is 15.1 Å². The fourth-order valence-electron chi connectivity index (χ4n) is 7.98. The summed E-state index contributed by atoms with van der Waals surface area (Å²) in [7, 11) is 0. The van der Waals surface area contributed by atoms with Gasteiger partial charge in [-0.15, -0.1) is 5.76 Å². The molecule has 6 rings (SSSR count). The molecular weight excluding hydrogens is 584 g/mol. The molecule has 0 amide bonds. The third-order valence-electron chi connectivity index (χ3n) is 10.6. The maximum Gasteiger partial charge on any atom is 0.549 e. The number of likely N-dealkylation sites (N-methyl/N-ethyl adjacent to an activating group) is 1. The Balaban J connectivity index is 1.38. The third kappa shape index (κ3) is 5.41. The van der Waals surface area contributed by atoms with Crippen LogP contribution in [0.15, 0.2) is 89.4 Å². The van der Waals surface area contributed by atoms with Crippen LogP contribution in [0.5, 0.6) is 0 Å². The minimum atomic E-state index is -1.24. The molecule has 0 spiro atoms. The fourth-order valence-corrected chi connectivity index (χ4v) is 7.98. The lowest BCUT2D eigenvalue weighted by Crippen LogP contribution is -2.44. The topological polar surface area (TPSA) is 92.3 Å². The van der Waals surface area contributed by atoms with Crippen molar-refractivity contribution in [3.8, 4) is 0 Å². The van der Waals surface area contributed by atoms with Crippen molar-refractivity contribution in [2.45, 2.75) is 97.0 Å². The summed E-state index contributed by atoms with van der Waals surface area (Å²) in [6.07, 6.45) is 9.41. The smallest absolute Gasteiger partial charge is 0.549 e. The average molecular weight is 633 g/mol. The first-order chi connectivity index (χ1) is 22.4. The van der Waals surface area contributed by atoms with Crippen LogP contribution in [0.1, 0.15) is 102 Å². The molecule has 47 heavy (non-hydrogen) atoms. The zero-order chi connectivity index (χ0) is 33.7. The van der Waals surface area contributed by atoms with Crippen LogP contribution in [-0.2, 0) is 10.8 Å². The number of hydrogen-bond acceptors (Lipinski definition) is 4. The Bertz CT molecular complexity index is 1870. The van der Waals surface area contributed by atoms with Gasteiger partial charge in [0.25, 0.3) is 0 Å². The van der Waals surface area contributed by atoms with Gasteiger partial charge in [0.2, 0.25) is 5.69 Å². The molecule has 2 aliphatic heterocycles. The molecule has 2 heterocycles. The van der Waals surface area contributed by atoms with E-state index in [4.69, 9.17) is 5.11 Å². The number of fused-ring (bicyclic) bond motifs is 4. The number of anilines is 1. The van der Waals surface area contributed by atoms with Gasteiger partial charge < -0.3 is 20.2 Å². The zero-order valence-electron chi connectivity index (χ0n) is 28.7. The maximum absolute atomic E-state index is 13.9. The Morgan fingerprint density at radius 3 is 2.36 bits per heavy atom. The van der Waals surface area contributed by atoms with Crippen LogP contribution >= 0.6 is 0 Å². The average Bonchev–Trinajstić information content (AvgIpc) is 3.41. The summed E-state index contributed by atoms with van der Waals surface area (Å²) < 4.78 is 2.23. The fraction of sp³-hybridized carbons (Fsp3) is 0.415. The van der Waals surface area contributed by atoms with E-state index in [1.165, 1.54) is 42.0 Å². The lowest BCUT2D eigenvalue weighted by atomic mass is 9.76. The summed E-state index contributed by atoms with van der Waals surface area (Å²) in [4.78, 5) is 14.2. The molecule has 3 aromatic rings. The number of benzene rings is 3. The van der Waals surface area contributed by atoms with Crippen molar-refractivity contribution in [2.75, 3.05) is 18.0 Å². The predicted octanol–water partition coefficient (Wildman–Crippen LogP) is 6.43. The molecular formula is C41H48N2O4. The molecule has 0 saturated carbocycles. The van der Waals surface area contributed by atoms with Crippen molar-refractivity contribution in [3.05, 3.63) is 106 Å². The molecule has 1 unspecified atom stereocenters. The monoisotopic (exact) mass is 632 g/mol. The van der Waals surface area contributed by atoms with Crippen molar-refractivity contribution in [2.24, 2.45) is 0 Å². The Labute approximate surface area is 279 Å². The molecule has 0 radical (unpaired) electrons. The zero-order valence-corrected chi connectivity index (χ0v) is 28.7. The first-order valence-corrected chi connectivity index (χ1v) is 17.3. The van der Waals surface area contributed by atoms with Crippen LogP contribution in [0.4, 0.5) is 11.4 Å². The highest BCUT2D eigenvalue weighted by Crippen LogP contribution is 2.52. The minimum absolute atomic E-state index is 0.189. The number of allylic oxidation sites excluding steroid dienone is 2. The molecule has 246 valence electrons. The van der Waals surface area contributed by atoms with E-state index in [9.17, 15) is 15.0 Å². The highest BCUT2D eigenvalue weighted by molar-refractivity contribution is 6.05. The summed E-state index contributed by atoms with van der Waals surface area (Å²) in [6.45, 7) is 14.3. The van der Waals surface area contributed by atoms with E-state index in [1.54, 1.807) is 6.07 Å². The second-order valence-electron chi connectivity index (χ2n) is 14.3. The third-order valence-corrected chi connectivity index (χ3v) is 10.6. The molecule has 2 N–H and O–H groups in total. The Morgan fingerprint density at radius 2 is 1.66 bits per heavy atom. The van der Waals surface area contributed by atoms with Crippen molar-refractivity contribution in [3.63, 3.8) is 0 Å². The van der Waals surface area contributed by atoms with Crippen molar-refractivity contribution in [1.29, 1.82) is 0 Å². The van der Waals surface area contributed by atoms with Gasteiger partial charge in [0.1, 0.15) is 12.1 Å². The van der Waals surface area contributed by atoms with E-state index in [0.29, 0.717) is 16.7 Å². The lowest BCUT2D eigenvalue weighted by Gasteiger charge is -2.45. The van der Waals surface area contributed by atoms with Gasteiger partial charge in [0, 0.05) is 52.3 Å². The molecule has 1 aliphatic carbocycles. The molecule has 0 bridgehead atoms. The standard InChI is InChI=1S/C41H48N2O4/c1-7-9-10-11-12-15-22-43-32-20-19-27(39(46)47)23-31(32)40(3,4)34(43)24-29-37(44)30(38(29)45)25-35-41(5,6)36-28-17-14-13-16-26(28)18-21-33(36)42(35)8-2/h13-14,16-21,23-25,37,45H,7-12,15,22H2,1-6H3,(H,46,47). The SMILES string of the molecule is CCCCCCCC[N+]1=C(C=C2C([O-])=C(C=C3N(CC)c4ccc5ccccc5c4C3(C)C)C2[O-])C(C)(C)c2cc(C(=O)[OH2+])ccc21. The largest absolute Gasteiger partial charge is 0.872 e. The van der Waals surface area contributed by atoms with Crippen LogP contribution in [0.3, 0.4) is 0 Å². The molecule has 0 aromatic heterocycles. The van der Waals surface area contributed by atoms with E-state index in [1.807, 2.05) is 24.3 Å². The lowest BCUT2D eigenvalue weighted by molar-refractivity contribution is -0.438. The second-order valence-corrected chi connectivity index (χ2v) is 14.3. The highest BCUT2D eigenvalue weighted by atomic mass is 16.4. The number of hydrogen-bond donors (Lipinski definition) is 0. The number of carbonyl (C=O) groups is 1. The van der Waals surface area contributed by atoms with Crippen molar-refractivity contribution in [1.82, 2.24) is 0 Å². The normalized spacial score (nSPS) is 21.2. The van der Waals surface area contributed by atoms with E-state index >= 15 is 0 Å². The Hall–Kier alpha value is -4.16. The van der Waals surface area contributed by atoms with Gasteiger partial charge in [-0.05, 0) is 67.8 Å². The highest BCUT2D eigenvalue weighted by Gasteiger charge is 2.46. The van der Waals surface area contributed by atoms with Gasteiger partial charge in [-0.25, -0.2) is 0 Å². The van der Waals surface area contributed by atoms with Crippen LogP contribution in [0.25, 0.3) is 10.8 Å². The number of nitrogens with zero attached hydrogens (tertiary/aromatic N) is 2. The molecule has 3 aliphatic rings. The van der Waals surface area contributed by atoms with Gasteiger partial charge in [-0.3, -0.25) is 0 Å². The first kappa shape index (κ1) is 32.8. The number of unbranched alkanes of at least 4 members (excludes halogenated alkanes) is 5. The summed E-state index contributed by atoms with van der Waals surface area (Å²) in [5.41, 5.74) is 6.20. The molecule has 1 atom stereocenters. The van der Waals surface area contributed by atoms with Gasteiger partial charge in [0.15, 0.2) is 5.71 Å². The van der Waals surface area contributed by atoms with Gasteiger partial charge in [-0.1, -0.05) is 94.0 Å². The summed E-state index contributed by atoms with van der Waals surface area (Å²) >= 11 is 0. The number of rotatable bonds is 11. The van der Waals surface area contributed by atoms with Crippen molar-refractivity contribution >= 4 is 33.8 Å². The molecule has 0 saturated heterocycles. The van der Waals surface area contributed by atoms with Gasteiger partial charge >= 0.3 is 5.97 Å². The van der Waals surface area contributed by atoms with E-state index < -0.39 is 17.5 Å². The van der Waals surface area contributed by atoms with Crippen LogP contribution in [-0.4, -0.2) is 40.6 Å². The van der Waals surface area contributed by atoms with Crippen LogP contribution in [0, 0.1) is 0 Å². The van der Waals surface area contributed by atoms with E-state index in [-0.39, 0.29) is 11.2 Å². The number of carbonyl (C=O) groups excluding carboxylic acids is 1. The van der Waals surface area contributed by atoms with Crippen molar-refractivity contribution < 1.29 is 24.7 Å². The van der Waals surface area contributed by atoms with E-state index in [2.05, 4.69) is 87.4 Å². The summed E-state index contributed by atoms with van der Waals surface area (Å²) in [5.74, 6) is -0.906. The van der Waals surface area contributed by atoms with Gasteiger partial charge in [0.05, 0.1) is 5.41 Å². The maximum atomic E-state index is 13.9. The Kier molecular flexibility index (Phi) is 8.69. The second kappa shape index (κ2) is 12.5. The Morgan fingerprint density at radius 1 is 0.936 bits per heavy atom. The molecule has 6 heteroatoms. The quantitative estimate of drug-likeness (QED) is 0.138. The van der Waals surface area contributed by atoms with Crippen LogP contribution in [0.2, 0.25) is 0 Å². The minimum Gasteiger partial charge on any atom is -0.872 e. The predicted molar refractivity (Wildman–Crippen MR) is 188 cm³/mol. The molecule has 6 nitrogen and oxygen atoms in total. The molecule has 0 fully saturated rings. The molecule has 3 aromatic carbocycles. The summed E-state index contributed by atoms with van der Waals surface area (Å²) in [5, 5.41) is 37.9. The van der Waals surface area contributed by atoms with Gasteiger partial charge in [-0.2, -0.15) is 4.58 Å². The first-order valence-electron chi connectivity index (χ1n) is 17.3. The van der Waals surface area contributed by atoms with E-state index in [0.717, 1.165) is 54.3 Å².